The Kier molecular flexibility index (Phi) is 2.06. The van der Waals surface area contributed by atoms with Crippen molar-refractivity contribution in [2.75, 3.05) is 0 Å². The SMILES string of the molecule is C[C@@H]1CCc2ccc3ccccc3c2C1=O. The highest BCUT2D eigenvalue weighted by molar-refractivity contribution is 6.10. The molecule has 0 saturated carbocycles. The lowest BCUT2D eigenvalue weighted by atomic mass is 9.81. The third-order valence-electron chi connectivity index (χ3n) is 3.56. The number of Topliss-reactive ketones (excluding diaryl/α,β-unsaturated/α-hetero) is 1. The van der Waals surface area contributed by atoms with E-state index in [1.165, 1.54) is 10.9 Å². The summed E-state index contributed by atoms with van der Waals surface area (Å²) in [6, 6.07) is 12.4. The highest BCUT2D eigenvalue weighted by Gasteiger charge is 2.25. The average molecular weight is 210 g/mol. The van der Waals surface area contributed by atoms with Crippen LogP contribution in [0.5, 0.6) is 0 Å². The van der Waals surface area contributed by atoms with Crippen molar-refractivity contribution in [2.45, 2.75) is 19.8 Å². The molecule has 0 saturated heterocycles. The zero-order valence-electron chi connectivity index (χ0n) is 9.36. The van der Waals surface area contributed by atoms with E-state index < -0.39 is 0 Å². The number of benzene rings is 2. The number of aryl methyl sites for hydroxylation is 1. The third-order valence-corrected chi connectivity index (χ3v) is 3.56. The summed E-state index contributed by atoms with van der Waals surface area (Å²) >= 11 is 0. The molecule has 16 heavy (non-hydrogen) atoms. The smallest absolute Gasteiger partial charge is 0.166 e. The van der Waals surface area contributed by atoms with Gasteiger partial charge in [-0.15, -0.1) is 0 Å². The summed E-state index contributed by atoms with van der Waals surface area (Å²) in [7, 11) is 0. The van der Waals surface area contributed by atoms with Gasteiger partial charge in [0.25, 0.3) is 0 Å². The Morgan fingerprint density at radius 2 is 1.94 bits per heavy atom. The Morgan fingerprint density at radius 3 is 2.81 bits per heavy atom. The Morgan fingerprint density at radius 1 is 1.12 bits per heavy atom. The number of hydrogen-bond acceptors (Lipinski definition) is 1. The fraction of sp³-hybridized carbons (Fsp3) is 0.267. The van der Waals surface area contributed by atoms with Gasteiger partial charge in [0.1, 0.15) is 0 Å². The highest BCUT2D eigenvalue weighted by Crippen LogP contribution is 2.31. The zero-order valence-corrected chi connectivity index (χ0v) is 9.36. The van der Waals surface area contributed by atoms with Crippen LogP contribution in [0.1, 0.15) is 29.3 Å². The van der Waals surface area contributed by atoms with Gasteiger partial charge < -0.3 is 0 Å². The standard InChI is InChI=1S/C15H14O/c1-10-6-7-12-9-8-11-4-2-3-5-13(11)14(12)15(10)16/h2-5,8-10H,6-7H2,1H3/t10-/m1/s1. The first-order chi connectivity index (χ1) is 7.77. The Hall–Kier alpha value is -1.63. The molecular weight excluding hydrogens is 196 g/mol. The second-order valence-corrected chi connectivity index (χ2v) is 4.62. The molecule has 0 spiro atoms. The number of rotatable bonds is 0. The van der Waals surface area contributed by atoms with Gasteiger partial charge in [0.2, 0.25) is 0 Å². The van der Waals surface area contributed by atoms with Gasteiger partial charge in [-0.3, -0.25) is 4.79 Å². The molecule has 2 aromatic rings. The molecule has 0 radical (unpaired) electrons. The van der Waals surface area contributed by atoms with E-state index in [0.717, 1.165) is 23.8 Å². The predicted molar refractivity (Wildman–Crippen MR) is 65.8 cm³/mol. The molecule has 0 unspecified atom stereocenters. The molecule has 1 heteroatoms. The molecule has 0 heterocycles. The second kappa shape index (κ2) is 3.44. The van der Waals surface area contributed by atoms with Gasteiger partial charge in [-0.25, -0.2) is 0 Å². The lowest BCUT2D eigenvalue weighted by Gasteiger charge is -2.21. The van der Waals surface area contributed by atoms with E-state index in [9.17, 15) is 4.79 Å². The van der Waals surface area contributed by atoms with Crippen LogP contribution in [0.4, 0.5) is 0 Å². The molecule has 1 nitrogen and oxygen atoms in total. The van der Waals surface area contributed by atoms with Gasteiger partial charge >= 0.3 is 0 Å². The molecule has 80 valence electrons. The van der Waals surface area contributed by atoms with Gasteiger partial charge in [0.05, 0.1) is 0 Å². The van der Waals surface area contributed by atoms with Gasteiger partial charge in [0.15, 0.2) is 5.78 Å². The predicted octanol–water partition coefficient (Wildman–Crippen LogP) is 3.60. The van der Waals surface area contributed by atoms with Gasteiger partial charge in [0, 0.05) is 11.5 Å². The van der Waals surface area contributed by atoms with Crippen molar-refractivity contribution in [1.82, 2.24) is 0 Å². The fourth-order valence-electron chi connectivity index (χ4n) is 2.57. The molecule has 0 fully saturated rings. The van der Waals surface area contributed by atoms with Crippen LogP contribution in [0, 0.1) is 5.92 Å². The van der Waals surface area contributed by atoms with Crippen molar-refractivity contribution >= 4 is 16.6 Å². The summed E-state index contributed by atoms with van der Waals surface area (Å²) in [5.74, 6) is 0.497. The fourth-order valence-corrected chi connectivity index (χ4v) is 2.57. The molecule has 1 aliphatic rings. The lowest BCUT2D eigenvalue weighted by molar-refractivity contribution is 0.0915. The minimum Gasteiger partial charge on any atom is -0.294 e. The normalized spacial score (nSPS) is 19.8. The summed E-state index contributed by atoms with van der Waals surface area (Å²) in [6.07, 6.45) is 2.03. The van der Waals surface area contributed by atoms with E-state index in [0.29, 0.717) is 5.78 Å². The van der Waals surface area contributed by atoms with Gasteiger partial charge in [-0.1, -0.05) is 43.3 Å². The van der Waals surface area contributed by atoms with E-state index in [1.807, 2.05) is 19.1 Å². The maximum atomic E-state index is 12.2. The van der Waals surface area contributed by atoms with E-state index in [2.05, 4.69) is 24.3 Å². The molecule has 0 N–H and O–H groups in total. The van der Waals surface area contributed by atoms with Crippen molar-refractivity contribution in [3.63, 3.8) is 0 Å². The van der Waals surface area contributed by atoms with Crippen LogP contribution in [0.3, 0.4) is 0 Å². The first-order valence-corrected chi connectivity index (χ1v) is 5.82. The zero-order chi connectivity index (χ0) is 11.1. The number of ketones is 1. The van der Waals surface area contributed by atoms with Crippen molar-refractivity contribution < 1.29 is 4.79 Å². The molecule has 0 amide bonds. The van der Waals surface area contributed by atoms with Crippen LogP contribution in [-0.4, -0.2) is 5.78 Å². The highest BCUT2D eigenvalue weighted by atomic mass is 16.1. The van der Waals surface area contributed by atoms with Gasteiger partial charge in [-0.05, 0) is 29.2 Å². The topological polar surface area (TPSA) is 17.1 Å². The quantitative estimate of drug-likeness (QED) is 0.649. The first kappa shape index (κ1) is 9.59. The maximum absolute atomic E-state index is 12.2. The number of carbonyl (C=O) groups excluding carboxylic acids is 1. The van der Waals surface area contributed by atoms with Crippen molar-refractivity contribution in [1.29, 1.82) is 0 Å². The molecular formula is C15H14O. The first-order valence-electron chi connectivity index (χ1n) is 5.82. The van der Waals surface area contributed by atoms with Crippen molar-refractivity contribution in [3.8, 4) is 0 Å². The van der Waals surface area contributed by atoms with E-state index in [1.54, 1.807) is 0 Å². The Balaban J connectivity index is 2.36. The monoisotopic (exact) mass is 210 g/mol. The number of carbonyl (C=O) groups is 1. The average Bonchev–Trinajstić information content (AvgIpc) is 2.33. The minimum atomic E-state index is 0.179. The van der Waals surface area contributed by atoms with E-state index in [-0.39, 0.29) is 5.92 Å². The van der Waals surface area contributed by atoms with Crippen LogP contribution in [0.2, 0.25) is 0 Å². The van der Waals surface area contributed by atoms with Crippen LogP contribution in [0.15, 0.2) is 36.4 Å². The van der Waals surface area contributed by atoms with Crippen LogP contribution in [-0.2, 0) is 6.42 Å². The summed E-state index contributed by atoms with van der Waals surface area (Å²) in [4.78, 5) is 12.2. The summed E-state index contributed by atoms with van der Waals surface area (Å²) < 4.78 is 0. The molecule has 1 aliphatic carbocycles. The molecule has 1 atom stereocenters. The number of hydrogen-bond donors (Lipinski definition) is 0. The molecule has 2 aromatic carbocycles. The maximum Gasteiger partial charge on any atom is 0.166 e. The Bertz CT molecular complexity index is 569. The second-order valence-electron chi connectivity index (χ2n) is 4.62. The van der Waals surface area contributed by atoms with Crippen molar-refractivity contribution in [3.05, 3.63) is 47.5 Å². The van der Waals surface area contributed by atoms with Crippen molar-refractivity contribution in [2.24, 2.45) is 5.92 Å². The summed E-state index contributed by atoms with van der Waals surface area (Å²) in [6.45, 7) is 2.03. The third kappa shape index (κ3) is 1.28. The van der Waals surface area contributed by atoms with Crippen LogP contribution in [0.25, 0.3) is 10.8 Å². The molecule has 0 aliphatic heterocycles. The summed E-state index contributed by atoms with van der Waals surface area (Å²) in [5.41, 5.74) is 2.19. The largest absolute Gasteiger partial charge is 0.294 e. The van der Waals surface area contributed by atoms with Crippen LogP contribution >= 0.6 is 0 Å². The van der Waals surface area contributed by atoms with Crippen LogP contribution < -0.4 is 0 Å². The molecule has 3 rings (SSSR count). The van der Waals surface area contributed by atoms with Gasteiger partial charge in [-0.2, -0.15) is 0 Å². The minimum absolute atomic E-state index is 0.179. The Labute approximate surface area is 95.1 Å². The molecule has 0 bridgehead atoms. The lowest BCUT2D eigenvalue weighted by Crippen LogP contribution is -2.20. The summed E-state index contributed by atoms with van der Waals surface area (Å²) in [5, 5.41) is 2.29. The molecule has 0 aromatic heterocycles. The van der Waals surface area contributed by atoms with E-state index >= 15 is 0 Å². The number of fused-ring (bicyclic) bond motifs is 3. The van der Waals surface area contributed by atoms with E-state index in [4.69, 9.17) is 0 Å².